The summed E-state index contributed by atoms with van der Waals surface area (Å²) in [6.07, 6.45) is 2.95. The first-order valence-electron chi connectivity index (χ1n) is 10.3. The highest BCUT2D eigenvalue weighted by atomic mass is 35.5. The number of carbonyl (C=O) groups is 1. The molecular weight excluding hydrogens is 435 g/mol. The Morgan fingerprint density at radius 1 is 1.20 bits per heavy atom. The zero-order valence-corrected chi connectivity index (χ0v) is 18.7. The van der Waals surface area contributed by atoms with E-state index in [1.165, 1.54) is 31.4 Å². The molecular formula is C21H29ClF3N3OS. The summed E-state index contributed by atoms with van der Waals surface area (Å²) in [7, 11) is 0. The third-order valence-electron chi connectivity index (χ3n) is 5.34. The predicted molar refractivity (Wildman–Crippen MR) is 119 cm³/mol. The second kappa shape index (κ2) is 11.3. The molecule has 1 N–H and O–H groups in total. The monoisotopic (exact) mass is 463 g/mol. The Morgan fingerprint density at radius 3 is 2.47 bits per heavy atom. The number of benzene rings is 1. The summed E-state index contributed by atoms with van der Waals surface area (Å²) in [6, 6.07) is 5.02. The highest BCUT2D eigenvalue weighted by molar-refractivity contribution is 8.14. The van der Waals surface area contributed by atoms with E-state index in [1.807, 2.05) is 0 Å². The van der Waals surface area contributed by atoms with E-state index in [0.717, 1.165) is 48.9 Å². The van der Waals surface area contributed by atoms with E-state index in [0.29, 0.717) is 18.2 Å². The molecule has 0 aromatic heterocycles. The maximum absolute atomic E-state index is 12.7. The lowest BCUT2D eigenvalue weighted by molar-refractivity contribution is -0.137. The summed E-state index contributed by atoms with van der Waals surface area (Å²) in [4.78, 5) is 19.7. The minimum atomic E-state index is -4.38. The van der Waals surface area contributed by atoms with Crippen LogP contribution in [0.15, 0.2) is 29.3 Å². The van der Waals surface area contributed by atoms with Gasteiger partial charge >= 0.3 is 6.18 Å². The van der Waals surface area contributed by atoms with Gasteiger partial charge < -0.3 is 10.2 Å². The standard InChI is InChI=1S/C21H28F3N3OS.ClH/c1-2-12-27-18(14-29-20(27)26-16-6-4-3-5-7-16)13-19(28)25-17-10-8-15(9-11-17)21(22,23)24;/h8-11,16,18H,2-7,12-14H2,1H3,(H,25,28);1H. The normalized spacial score (nSPS) is 21.5. The lowest BCUT2D eigenvalue weighted by atomic mass is 9.96. The number of nitrogens with one attached hydrogen (secondary N) is 1. The van der Waals surface area contributed by atoms with Crippen molar-refractivity contribution in [3.8, 4) is 0 Å². The van der Waals surface area contributed by atoms with E-state index in [4.69, 9.17) is 4.99 Å². The van der Waals surface area contributed by atoms with E-state index in [9.17, 15) is 18.0 Å². The Morgan fingerprint density at radius 2 is 1.87 bits per heavy atom. The Labute approximate surface area is 186 Å². The van der Waals surface area contributed by atoms with Crippen LogP contribution in [0.5, 0.6) is 0 Å². The molecule has 4 nitrogen and oxygen atoms in total. The minimum absolute atomic E-state index is 0. The van der Waals surface area contributed by atoms with Gasteiger partial charge in [0.05, 0.1) is 11.6 Å². The highest BCUT2D eigenvalue weighted by Crippen LogP contribution is 2.31. The van der Waals surface area contributed by atoms with Crippen molar-refractivity contribution < 1.29 is 18.0 Å². The average molecular weight is 464 g/mol. The van der Waals surface area contributed by atoms with Crippen LogP contribution in [0.4, 0.5) is 18.9 Å². The van der Waals surface area contributed by atoms with Crippen LogP contribution in [-0.2, 0) is 11.0 Å². The van der Waals surface area contributed by atoms with E-state index >= 15 is 0 Å². The summed E-state index contributed by atoms with van der Waals surface area (Å²) < 4.78 is 38.0. The minimum Gasteiger partial charge on any atom is -0.347 e. The molecule has 30 heavy (non-hydrogen) atoms. The molecule has 9 heteroatoms. The van der Waals surface area contributed by atoms with Crippen molar-refractivity contribution in [3.63, 3.8) is 0 Å². The molecule has 3 rings (SSSR count). The number of amides is 1. The van der Waals surface area contributed by atoms with E-state index in [2.05, 4.69) is 17.1 Å². The van der Waals surface area contributed by atoms with Crippen molar-refractivity contribution in [1.82, 2.24) is 4.90 Å². The zero-order valence-electron chi connectivity index (χ0n) is 17.1. The first-order valence-corrected chi connectivity index (χ1v) is 11.3. The molecule has 1 saturated carbocycles. The van der Waals surface area contributed by atoms with Gasteiger partial charge in [-0.15, -0.1) is 12.4 Å². The number of thioether (sulfide) groups is 1. The largest absolute Gasteiger partial charge is 0.416 e. The molecule has 1 heterocycles. The zero-order chi connectivity index (χ0) is 20.9. The molecule has 1 saturated heterocycles. The van der Waals surface area contributed by atoms with Crippen LogP contribution in [0.25, 0.3) is 0 Å². The predicted octanol–water partition coefficient (Wildman–Crippen LogP) is 5.97. The number of aliphatic imine (C=N–C) groups is 1. The van der Waals surface area contributed by atoms with E-state index in [-0.39, 0.29) is 24.4 Å². The van der Waals surface area contributed by atoms with Crippen LogP contribution in [-0.4, -0.2) is 40.4 Å². The fourth-order valence-electron chi connectivity index (χ4n) is 3.83. The van der Waals surface area contributed by atoms with Gasteiger partial charge in [0.2, 0.25) is 5.91 Å². The Balaban J connectivity index is 0.00000320. The summed E-state index contributed by atoms with van der Waals surface area (Å²) in [6.45, 7) is 2.97. The first kappa shape index (κ1) is 24.9. The maximum Gasteiger partial charge on any atom is 0.416 e. The number of amidine groups is 1. The fraction of sp³-hybridized carbons (Fsp3) is 0.619. The number of carbonyl (C=O) groups excluding carboxylic acids is 1. The summed E-state index contributed by atoms with van der Waals surface area (Å²) in [5.74, 6) is 0.627. The lowest BCUT2D eigenvalue weighted by Gasteiger charge is -2.27. The maximum atomic E-state index is 12.7. The van der Waals surface area contributed by atoms with Crippen molar-refractivity contribution in [3.05, 3.63) is 29.8 Å². The Hall–Kier alpha value is -1.41. The SMILES string of the molecule is CCCN1C(=NC2CCCCC2)SCC1CC(=O)Nc1ccc(C(F)(F)F)cc1.Cl. The molecule has 1 unspecified atom stereocenters. The lowest BCUT2D eigenvalue weighted by Crippen LogP contribution is -2.37. The average Bonchev–Trinajstić information content (AvgIpc) is 3.04. The molecule has 1 aromatic rings. The van der Waals surface area contributed by atoms with Gasteiger partial charge in [0.25, 0.3) is 0 Å². The Kier molecular flexibility index (Phi) is 9.34. The third kappa shape index (κ3) is 6.80. The third-order valence-corrected chi connectivity index (χ3v) is 6.49. The number of hydrogen-bond donors (Lipinski definition) is 1. The number of rotatable bonds is 6. The van der Waals surface area contributed by atoms with Crippen LogP contribution < -0.4 is 5.32 Å². The molecule has 0 radical (unpaired) electrons. The molecule has 0 bridgehead atoms. The van der Waals surface area contributed by atoms with E-state index < -0.39 is 11.7 Å². The Bertz CT molecular complexity index is 721. The fourth-order valence-corrected chi connectivity index (χ4v) is 5.10. The van der Waals surface area contributed by atoms with Crippen molar-refractivity contribution in [2.75, 3.05) is 17.6 Å². The number of halogens is 4. The second-order valence-corrected chi connectivity index (χ2v) is 8.68. The van der Waals surface area contributed by atoms with Crippen LogP contribution in [0.1, 0.15) is 57.4 Å². The summed E-state index contributed by atoms with van der Waals surface area (Å²) in [5.41, 5.74) is -0.341. The molecule has 2 aliphatic rings. The molecule has 168 valence electrons. The van der Waals surface area contributed by atoms with Crippen LogP contribution >= 0.6 is 24.2 Å². The molecule has 1 aliphatic carbocycles. The van der Waals surface area contributed by atoms with Gasteiger partial charge in [-0.1, -0.05) is 37.9 Å². The molecule has 0 spiro atoms. The molecule has 2 fully saturated rings. The molecule has 1 amide bonds. The van der Waals surface area contributed by atoms with Gasteiger partial charge in [-0.3, -0.25) is 9.79 Å². The topological polar surface area (TPSA) is 44.7 Å². The van der Waals surface area contributed by atoms with Crippen LogP contribution in [0, 0.1) is 0 Å². The van der Waals surface area contributed by atoms with Crippen LogP contribution in [0.3, 0.4) is 0 Å². The summed E-state index contributed by atoms with van der Waals surface area (Å²) in [5, 5.41) is 3.77. The first-order chi connectivity index (χ1) is 13.9. The van der Waals surface area contributed by atoms with E-state index in [1.54, 1.807) is 11.8 Å². The number of alkyl halides is 3. The highest BCUT2D eigenvalue weighted by Gasteiger charge is 2.32. The van der Waals surface area contributed by atoms with Gasteiger partial charge in [0, 0.05) is 30.4 Å². The molecule has 1 aromatic carbocycles. The van der Waals surface area contributed by atoms with Gasteiger partial charge in [0.15, 0.2) is 5.17 Å². The van der Waals surface area contributed by atoms with Crippen molar-refractivity contribution in [2.24, 2.45) is 4.99 Å². The number of nitrogens with zero attached hydrogens (tertiary/aromatic N) is 2. The summed E-state index contributed by atoms with van der Waals surface area (Å²) >= 11 is 1.72. The van der Waals surface area contributed by atoms with Gasteiger partial charge in [-0.2, -0.15) is 13.2 Å². The molecule has 1 aliphatic heterocycles. The van der Waals surface area contributed by atoms with Crippen molar-refractivity contribution >= 4 is 40.9 Å². The van der Waals surface area contributed by atoms with Gasteiger partial charge in [0.1, 0.15) is 0 Å². The number of hydrogen-bond acceptors (Lipinski definition) is 3. The van der Waals surface area contributed by atoms with Gasteiger partial charge in [-0.05, 0) is 43.5 Å². The van der Waals surface area contributed by atoms with Crippen molar-refractivity contribution in [1.29, 1.82) is 0 Å². The number of anilines is 1. The quantitative estimate of drug-likeness (QED) is 0.565. The van der Waals surface area contributed by atoms with Crippen LogP contribution in [0.2, 0.25) is 0 Å². The van der Waals surface area contributed by atoms with Crippen molar-refractivity contribution in [2.45, 2.75) is 70.1 Å². The second-order valence-electron chi connectivity index (χ2n) is 7.69. The van der Waals surface area contributed by atoms with Gasteiger partial charge in [-0.25, -0.2) is 0 Å². The smallest absolute Gasteiger partial charge is 0.347 e. The molecule has 1 atom stereocenters.